The molecule has 2 aliphatic carbocycles. The molecule has 0 aliphatic heterocycles. The predicted molar refractivity (Wildman–Crippen MR) is 92.5 cm³/mol. The maximum atomic E-state index is 12.2. The second kappa shape index (κ2) is 7.51. The topological polar surface area (TPSA) is 59.8 Å². The van der Waals surface area contributed by atoms with E-state index in [0.29, 0.717) is 24.3 Å². The summed E-state index contributed by atoms with van der Waals surface area (Å²) in [5.41, 5.74) is 0. The Bertz CT molecular complexity index is 559. The van der Waals surface area contributed by atoms with Crippen molar-refractivity contribution in [1.82, 2.24) is 20.1 Å². The Balaban J connectivity index is 1.51. The number of carbonyl (C=O) groups is 1. The number of thioether (sulfide) groups is 1. The van der Waals surface area contributed by atoms with Gasteiger partial charge in [-0.2, -0.15) is 0 Å². The minimum atomic E-state index is 0.107. The largest absolute Gasteiger partial charge is 0.353 e. The molecule has 6 heteroatoms. The summed E-state index contributed by atoms with van der Waals surface area (Å²) in [7, 11) is 0. The van der Waals surface area contributed by atoms with Gasteiger partial charge in [-0.15, -0.1) is 16.8 Å². The van der Waals surface area contributed by atoms with Gasteiger partial charge in [0, 0.05) is 18.5 Å². The first kappa shape index (κ1) is 16.6. The molecule has 3 rings (SSSR count). The summed E-state index contributed by atoms with van der Waals surface area (Å²) in [4.78, 5) is 12.2. The molecular formula is C17H26N4OS. The van der Waals surface area contributed by atoms with Gasteiger partial charge in [0.05, 0.1) is 5.75 Å². The van der Waals surface area contributed by atoms with Crippen molar-refractivity contribution >= 4 is 17.7 Å². The zero-order valence-corrected chi connectivity index (χ0v) is 14.6. The van der Waals surface area contributed by atoms with Crippen molar-refractivity contribution in [1.29, 1.82) is 0 Å². The van der Waals surface area contributed by atoms with Crippen molar-refractivity contribution in [3.63, 3.8) is 0 Å². The molecule has 23 heavy (non-hydrogen) atoms. The van der Waals surface area contributed by atoms with Crippen molar-refractivity contribution in [3.8, 4) is 0 Å². The molecule has 0 bridgehead atoms. The van der Waals surface area contributed by atoms with Gasteiger partial charge in [0.2, 0.25) is 5.91 Å². The minimum absolute atomic E-state index is 0.107. The van der Waals surface area contributed by atoms with E-state index >= 15 is 0 Å². The molecule has 2 fully saturated rings. The van der Waals surface area contributed by atoms with E-state index in [1.807, 2.05) is 6.08 Å². The fraction of sp³-hybridized carbons (Fsp3) is 0.706. The quantitative estimate of drug-likeness (QED) is 0.615. The van der Waals surface area contributed by atoms with Gasteiger partial charge in [0.25, 0.3) is 0 Å². The van der Waals surface area contributed by atoms with Gasteiger partial charge in [0.1, 0.15) is 5.82 Å². The van der Waals surface area contributed by atoms with E-state index in [0.717, 1.165) is 29.7 Å². The Kier molecular flexibility index (Phi) is 5.41. The molecule has 2 aliphatic rings. The lowest BCUT2D eigenvalue weighted by Gasteiger charge is -2.26. The van der Waals surface area contributed by atoms with E-state index < -0.39 is 0 Å². The Morgan fingerprint density at radius 3 is 2.70 bits per heavy atom. The summed E-state index contributed by atoms with van der Waals surface area (Å²) in [5.74, 6) is 2.92. The van der Waals surface area contributed by atoms with Crippen molar-refractivity contribution in [2.24, 2.45) is 5.92 Å². The lowest BCUT2D eigenvalue weighted by molar-refractivity contribution is -0.119. The average Bonchev–Trinajstić information content (AvgIpc) is 3.30. The lowest BCUT2D eigenvalue weighted by Crippen LogP contribution is -2.38. The first-order chi connectivity index (χ1) is 11.2. The summed E-state index contributed by atoms with van der Waals surface area (Å²) >= 11 is 1.48. The first-order valence-corrected chi connectivity index (χ1v) is 9.62. The van der Waals surface area contributed by atoms with Crippen molar-refractivity contribution in [3.05, 3.63) is 18.5 Å². The molecular weight excluding hydrogens is 308 g/mol. The van der Waals surface area contributed by atoms with Crippen LogP contribution in [0.1, 0.15) is 57.2 Å². The number of rotatable bonds is 7. The zero-order chi connectivity index (χ0) is 16.2. The van der Waals surface area contributed by atoms with Crippen LogP contribution in [0, 0.1) is 5.92 Å². The van der Waals surface area contributed by atoms with E-state index in [1.54, 1.807) is 0 Å². The smallest absolute Gasteiger partial charge is 0.230 e. The van der Waals surface area contributed by atoms with E-state index in [1.165, 1.54) is 37.4 Å². The van der Waals surface area contributed by atoms with Crippen LogP contribution in [0.25, 0.3) is 0 Å². The Morgan fingerprint density at radius 2 is 2.04 bits per heavy atom. The number of nitrogens with one attached hydrogen (secondary N) is 1. The molecule has 0 saturated heterocycles. The molecule has 1 heterocycles. The van der Waals surface area contributed by atoms with Gasteiger partial charge in [-0.3, -0.25) is 4.79 Å². The number of nitrogens with zero attached hydrogens (tertiary/aromatic N) is 3. The summed E-state index contributed by atoms with van der Waals surface area (Å²) in [5, 5.41) is 12.6. The number of allylic oxidation sites excluding steroid dienone is 1. The fourth-order valence-corrected chi connectivity index (χ4v) is 3.92. The second-order valence-electron chi connectivity index (χ2n) is 6.83. The third kappa shape index (κ3) is 4.37. The maximum Gasteiger partial charge on any atom is 0.230 e. The van der Waals surface area contributed by atoms with Crippen molar-refractivity contribution in [2.45, 2.75) is 69.1 Å². The van der Waals surface area contributed by atoms with Gasteiger partial charge in [0.15, 0.2) is 5.16 Å². The van der Waals surface area contributed by atoms with Crippen LogP contribution in [0.4, 0.5) is 0 Å². The van der Waals surface area contributed by atoms with Gasteiger partial charge in [-0.1, -0.05) is 24.8 Å². The van der Waals surface area contributed by atoms with E-state index in [9.17, 15) is 4.79 Å². The third-order valence-electron chi connectivity index (χ3n) is 4.71. The fourth-order valence-electron chi connectivity index (χ4n) is 3.15. The van der Waals surface area contributed by atoms with Crippen LogP contribution < -0.4 is 5.32 Å². The zero-order valence-electron chi connectivity index (χ0n) is 13.8. The Morgan fingerprint density at radius 1 is 1.30 bits per heavy atom. The van der Waals surface area contributed by atoms with Gasteiger partial charge in [-0.25, -0.2) is 0 Å². The predicted octanol–water partition coefficient (Wildman–Crippen LogP) is 3.13. The van der Waals surface area contributed by atoms with E-state index in [4.69, 9.17) is 0 Å². The highest BCUT2D eigenvalue weighted by Gasteiger charge is 2.30. The number of carbonyl (C=O) groups excluding carboxylic acids is 1. The van der Waals surface area contributed by atoms with Crippen LogP contribution in [0.2, 0.25) is 0 Å². The third-order valence-corrected chi connectivity index (χ3v) is 5.68. The summed E-state index contributed by atoms with van der Waals surface area (Å²) < 4.78 is 2.10. The molecule has 0 atom stereocenters. The van der Waals surface area contributed by atoms with Crippen molar-refractivity contribution < 1.29 is 4.79 Å². The SMILES string of the molecule is C=CCn1c(SCC(=O)NC2CCC(C)CC2)nnc1C1CC1. The molecule has 0 spiro atoms. The molecule has 1 amide bonds. The average molecular weight is 334 g/mol. The minimum Gasteiger partial charge on any atom is -0.353 e. The van der Waals surface area contributed by atoms with Crippen LogP contribution in [0.5, 0.6) is 0 Å². The normalized spacial score (nSPS) is 24.4. The maximum absolute atomic E-state index is 12.2. The van der Waals surface area contributed by atoms with Crippen LogP contribution in [0.3, 0.4) is 0 Å². The standard InChI is InChI=1S/C17H26N4OS/c1-3-10-21-16(13-6-7-13)19-20-17(21)23-11-15(22)18-14-8-4-12(2)5-9-14/h3,12-14H,1,4-11H2,2H3,(H,18,22). The number of aromatic nitrogens is 3. The molecule has 0 aromatic carbocycles. The van der Waals surface area contributed by atoms with Gasteiger partial charge >= 0.3 is 0 Å². The second-order valence-corrected chi connectivity index (χ2v) is 7.77. The highest BCUT2D eigenvalue weighted by molar-refractivity contribution is 7.99. The monoisotopic (exact) mass is 334 g/mol. The van der Waals surface area contributed by atoms with Crippen LogP contribution in [0.15, 0.2) is 17.8 Å². The summed E-state index contributed by atoms with van der Waals surface area (Å²) in [6, 6.07) is 0.354. The van der Waals surface area contributed by atoms with Gasteiger partial charge in [-0.05, 0) is 44.4 Å². The highest BCUT2D eigenvalue weighted by Crippen LogP contribution is 2.40. The molecule has 1 aromatic rings. The van der Waals surface area contributed by atoms with Crippen LogP contribution in [-0.4, -0.2) is 32.5 Å². The summed E-state index contributed by atoms with van der Waals surface area (Å²) in [6.45, 7) is 6.81. The van der Waals surface area contributed by atoms with Gasteiger partial charge < -0.3 is 9.88 Å². The van der Waals surface area contributed by atoms with Crippen LogP contribution >= 0.6 is 11.8 Å². The number of amides is 1. The molecule has 0 radical (unpaired) electrons. The first-order valence-electron chi connectivity index (χ1n) is 8.63. The number of hydrogen-bond acceptors (Lipinski definition) is 4. The molecule has 1 aromatic heterocycles. The molecule has 0 unspecified atom stereocenters. The molecule has 126 valence electrons. The molecule has 5 nitrogen and oxygen atoms in total. The summed E-state index contributed by atoms with van der Waals surface area (Å²) in [6.07, 6.45) is 8.91. The highest BCUT2D eigenvalue weighted by atomic mass is 32.2. The van der Waals surface area contributed by atoms with E-state index in [2.05, 4.69) is 33.6 Å². The Hall–Kier alpha value is -1.30. The van der Waals surface area contributed by atoms with E-state index in [-0.39, 0.29) is 5.91 Å². The van der Waals surface area contributed by atoms with Crippen molar-refractivity contribution in [2.75, 3.05) is 5.75 Å². The molecule has 2 saturated carbocycles. The number of hydrogen-bond donors (Lipinski definition) is 1. The molecule has 1 N–H and O–H groups in total. The lowest BCUT2D eigenvalue weighted by atomic mass is 9.87. The Labute approximate surface area is 142 Å². The van der Waals surface area contributed by atoms with Crippen LogP contribution in [-0.2, 0) is 11.3 Å².